The molecule has 0 spiro atoms. The molecule has 1 aromatic rings. The van der Waals surface area contributed by atoms with Crippen LogP contribution in [0.1, 0.15) is 21.6 Å². The van der Waals surface area contributed by atoms with E-state index in [0.717, 1.165) is 29.8 Å². The quantitative estimate of drug-likeness (QED) is 0.637. The van der Waals surface area contributed by atoms with Crippen molar-refractivity contribution in [2.45, 2.75) is 6.42 Å². The highest BCUT2D eigenvalue weighted by atomic mass is 35.5. The van der Waals surface area contributed by atoms with Crippen LogP contribution >= 0.6 is 11.6 Å². The maximum Gasteiger partial charge on any atom is 0.252 e. The van der Waals surface area contributed by atoms with E-state index in [4.69, 9.17) is 11.6 Å². The van der Waals surface area contributed by atoms with Crippen molar-refractivity contribution >= 4 is 28.9 Å². The van der Waals surface area contributed by atoms with Gasteiger partial charge in [0.2, 0.25) is 0 Å². The van der Waals surface area contributed by atoms with Gasteiger partial charge < -0.3 is 9.88 Å². The van der Waals surface area contributed by atoms with E-state index in [9.17, 15) is 9.59 Å². The molecule has 1 aliphatic heterocycles. The topological polar surface area (TPSA) is 55.7 Å². The number of aryl methyl sites for hydroxylation is 1. The van der Waals surface area contributed by atoms with E-state index in [1.807, 2.05) is 11.5 Å². The van der Waals surface area contributed by atoms with E-state index in [0.29, 0.717) is 5.69 Å². The molecule has 2 N–H and O–H groups in total. The highest BCUT2D eigenvalue weighted by molar-refractivity contribution is 6.63. The van der Waals surface area contributed by atoms with Crippen molar-refractivity contribution in [1.82, 2.24) is 4.57 Å². The van der Waals surface area contributed by atoms with Crippen molar-refractivity contribution in [2.75, 3.05) is 6.54 Å². The van der Waals surface area contributed by atoms with E-state index >= 15 is 0 Å². The number of Topliss-reactive ketones (excluding diaryl/α,β-unsaturated/α-hetero) is 2. The second kappa shape index (κ2) is 3.06. The number of rotatable bonds is 0. The molecule has 0 unspecified atom stereocenters. The maximum atomic E-state index is 11.8. The zero-order valence-electron chi connectivity index (χ0n) is 8.71. The van der Waals surface area contributed by atoms with Crippen LogP contribution in [0.25, 0.3) is 5.70 Å². The number of aromatic nitrogens is 1. The van der Waals surface area contributed by atoms with Crippen LogP contribution in [0.5, 0.6) is 0 Å². The Kier molecular flexibility index (Phi) is 1.87. The number of quaternary nitrogens is 1. The lowest BCUT2D eigenvalue weighted by Crippen LogP contribution is -2.83. The minimum atomic E-state index is -0.588. The molecule has 5 heteroatoms. The molecule has 0 fully saturated rings. The number of allylic oxidation sites excluding steroid dienone is 1. The average Bonchev–Trinajstić information content (AvgIpc) is 2.60. The Morgan fingerprint density at radius 1 is 1.38 bits per heavy atom. The Hall–Kier alpha value is -1.39. The third-order valence-electron chi connectivity index (χ3n) is 3.15. The van der Waals surface area contributed by atoms with Crippen LogP contribution in [0.4, 0.5) is 0 Å². The van der Waals surface area contributed by atoms with Crippen molar-refractivity contribution in [3.63, 3.8) is 0 Å². The molecule has 0 radical (unpaired) electrons. The van der Waals surface area contributed by atoms with Gasteiger partial charge in [-0.25, -0.2) is 0 Å². The van der Waals surface area contributed by atoms with Crippen LogP contribution in [-0.4, -0.2) is 22.7 Å². The van der Waals surface area contributed by atoms with Crippen LogP contribution in [0.3, 0.4) is 0 Å². The molecule has 0 bridgehead atoms. The summed E-state index contributed by atoms with van der Waals surface area (Å²) in [5.74, 6) is -1.08. The monoisotopic (exact) mass is 237 g/mol. The first-order valence-electron chi connectivity index (χ1n) is 5.12. The smallest absolute Gasteiger partial charge is 0.252 e. The number of nitrogens with two attached hydrogens (primary N) is 1. The fraction of sp³-hybridized carbons (Fsp3) is 0.273. The zero-order chi connectivity index (χ0) is 11.4. The summed E-state index contributed by atoms with van der Waals surface area (Å²) in [6.45, 7) is 0.865. The molecule has 3 rings (SSSR count). The van der Waals surface area contributed by atoms with E-state index < -0.39 is 11.6 Å². The molecule has 0 amide bonds. The molecule has 4 nitrogen and oxygen atoms in total. The van der Waals surface area contributed by atoms with Gasteiger partial charge in [-0.15, -0.1) is 0 Å². The van der Waals surface area contributed by atoms with Gasteiger partial charge in [0, 0.05) is 19.7 Å². The van der Waals surface area contributed by atoms with E-state index in [2.05, 4.69) is 0 Å². The fourth-order valence-corrected chi connectivity index (χ4v) is 2.72. The van der Waals surface area contributed by atoms with Crippen LogP contribution in [0.2, 0.25) is 0 Å². The molecule has 1 aromatic heterocycles. The molecule has 82 valence electrons. The first-order chi connectivity index (χ1) is 7.61. The van der Waals surface area contributed by atoms with Gasteiger partial charge in [-0.3, -0.25) is 9.59 Å². The summed E-state index contributed by atoms with van der Waals surface area (Å²) in [4.78, 5) is 23.5. The summed E-state index contributed by atoms with van der Waals surface area (Å²) in [5.41, 5.74) is 3.19. The Bertz CT molecular complexity index is 569. The molecule has 0 atom stereocenters. The first kappa shape index (κ1) is 9.81. The number of hydrogen-bond donors (Lipinski definition) is 1. The number of halogens is 1. The number of carbonyl (C=O) groups is 2. The Morgan fingerprint density at radius 2 is 2.12 bits per heavy atom. The van der Waals surface area contributed by atoms with Gasteiger partial charge in [-0.05, 0) is 5.56 Å². The normalized spacial score (nSPS) is 19.1. The molecule has 0 aromatic carbocycles. The standard InChI is InChI=1S/C11H9ClN2O2/c1-14-4-5-2-3-13-8-6(5)9(14)11(16)10(15)7(8)12/h4,13H,2-3H2,1H3/p+1. The second-order valence-electron chi connectivity index (χ2n) is 4.12. The third kappa shape index (κ3) is 1.03. The molecule has 0 saturated carbocycles. The van der Waals surface area contributed by atoms with Gasteiger partial charge in [-0.1, -0.05) is 11.6 Å². The lowest BCUT2D eigenvalue weighted by molar-refractivity contribution is -0.565. The molecular formula is C11H10ClN2O2+. The van der Waals surface area contributed by atoms with E-state index in [1.165, 1.54) is 0 Å². The van der Waals surface area contributed by atoms with Crippen LogP contribution in [-0.2, 0) is 18.3 Å². The van der Waals surface area contributed by atoms with Crippen molar-refractivity contribution < 1.29 is 14.9 Å². The van der Waals surface area contributed by atoms with Gasteiger partial charge in [0.1, 0.15) is 5.69 Å². The van der Waals surface area contributed by atoms with Crippen molar-refractivity contribution in [2.24, 2.45) is 7.05 Å². The lowest BCUT2D eigenvalue weighted by Gasteiger charge is -2.18. The van der Waals surface area contributed by atoms with E-state index in [1.54, 1.807) is 11.6 Å². The van der Waals surface area contributed by atoms with Crippen LogP contribution < -0.4 is 5.32 Å². The summed E-state index contributed by atoms with van der Waals surface area (Å²) in [7, 11) is 1.79. The van der Waals surface area contributed by atoms with Gasteiger partial charge in [0.05, 0.1) is 12.1 Å². The maximum absolute atomic E-state index is 11.8. The minimum absolute atomic E-state index is 0.0738. The molecule has 16 heavy (non-hydrogen) atoms. The summed E-state index contributed by atoms with van der Waals surface area (Å²) in [5, 5.41) is 2.02. The summed E-state index contributed by atoms with van der Waals surface area (Å²) < 4.78 is 1.73. The molecule has 2 aliphatic rings. The first-order valence-corrected chi connectivity index (χ1v) is 5.49. The average molecular weight is 238 g/mol. The number of nitrogens with zero attached hydrogens (tertiary/aromatic N) is 1. The Balaban J connectivity index is 2.41. The summed E-state index contributed by atoms with van der Waals surface area (Å²) in [6, 6.07) is 0. The predicted molar refractivity (Wildman–Crippen MR) is 58.0 cm³/mol. The fourth-order valence-electron chi connectivity index (χ4n) is 2.46. The summed E-state index contributed by atoms with van der Waals surface area (Å²) in [6.07, 6.45) is 2.82. The SMILES string of the molecule is Cn1cc2c3c1C(=O)C(=O)C(Cl)=C3[NH2+]CC2. The third-order valence-corrected chi connectivity index (χ3v) is 3.52. The van der Waals surface area contributed by atoms with Crippen molar-refractivity contribution in [1.29, 1.82) is 0 Å². The van der Waals surface area contributed by atoms with E-state index in [-0.39, 0.29) is 5.03 Å². The highest BCUT2D eigenvalue weighted by Crippen LogP contribution is 2.32. The number of hydrogen-bond acceptors (Lipinski definition) is 2. The van der Waals surface area contributed by atoms with Crippen molar-refractivity contribution in [3.8, 4) is 0 Å². The highest BCUT2D eigenvalue weighted by Gasteiger charge is 2.40. The van der Waals surface area contributed by atoms with Gasteiger partial charge >= 0.3 is 0 Å². The molecule has 1 aliphatic carbocycles. The lowest BCUT2D eigenvalue weighted by atomic mass is 9.92. The predicted octanol–water partition coefficient (Wildman–Crippen LogP) is -0.183. The Morgan fingerprint density at radius 3 is 2.88 bits per heavy atom. The van der Waals surface area contributed by atoms with Crippen LogP contribution in [0.15, 0.2) is 11.2 Å². The molecule has 2 heterocycles. The van der Waals surface area contributed by atoms with Gasteiger partial charge in [0.25, 0.3) is 11.6 Å². The largest absolute Gasteiger partial charge is 0.347 e. The Labute approximate surface area is 96.9 Å². The van der Waals surface area contributed by atoms with Crippen LogP contribution in [0, 0.1) is 0 Å². The van der Waals surface area contributed by atoms with Gasteiger partial charge in [0.15, 0.2) is 10.7 Å². The van der Waals surface area contributed by atoms with Gasteiger partial charge in [-0.2, -0.15) is 0 Å². The molecular weight excluding hydrogens is 228 g/mol. The second-order valence-corrected chi connectivity index (χ2v) is 4.50. The zero-order valence-corrected chi connectivity index (χ0v) is 9.47. The molecule has 0 saturated heterocycles. The van der Waals surface area contributed by atoms with Crippen molar-refractivity contribution in [3.05, 3.63) is 28.0 Å². The minimum Gasteiger partial charge on any atom is -0.347 e. The number of carbonyl (C=O) groups excluding carboxylic acids is 2. The number of ketones is 2. The summed E-state index contributed by atoms with van der Waals surface area (Å²) >= 11 is 5.94.